The maximum atomic E-state index is 4.29. The van der Waals surface area contributed by atoms with Gasteiger partial charge in [-0.1, -0.05) is 19.1 Å². The lowest BCUT2D eigenvalue weighted by Gasteiger charge is -2.09. The summed E-state index contributed by atoms with van der Waals surface area (Å²) in [6.45, 7) is 3.96. The van der Waals surface area contributed by atoms with Crippen LogP contribution in [0.1, 0.15) is 12.5 Å². The molecule has 0 bridgehead atoms. The molecule has 2 heterocycles. The van der Waals surface area contributed by atoms with E-state index in [9.17, 15) is 0 Å². The lowest BCUT2D eigenvalue weighted by atomic mass is 10.2. The zero-order chi connectivity index (χ0) is 14.7. The molecule has 0 unspecified atom stereocenters. The largest absolute Gasteiger partial charge is 0.313 e. The molecule has 1 aromatic carbocycles. The van der Waals surface area contributed by atoms with Crippen LogP contribution >= 0.6 is 0 Å². The molecule has 0 amide bonds. The molecule has 1 N–H and O–H groups in total. The number of rotatable bonds is 5. The monoisotopic (exact) mass is 281 g/mol. The number of aromatic nitrogens is 4. The fourth-order valence-corrected chi connectivity index (χ4v) is 2.35. The summed E-state index contributed by atoms with van der Waals surface area (Å²) in [5, 5.41) is 7.58. The van der Waals surface area contributed by atoms with Crippen molar-refractivity contribution in [3.8, 4) is 16.9 Å². The predicted octanol–water partition coefficient (Wildman–Crippen LogP) is 2.38. The molecule has 3 rings (SSSR count). The summed E-state index contributed by atoms with van der Waals surface area (Å²) in [6.07, 6.45) is 7.56. The Hall–Kier alpha value is -2.40. The average Bonchev–Trinajstić information content (AvgIpc) is 3.13. The molecule has 0 aliphatic heterocycles. The van der Waals surface area contributed by atoms with Gasteiger partial charge in [0.25, 0.3) is 0 Å². The van der Waals surface area contributed by atoms with Crippen LogP contribution < -0.4 is 5.32 Å². The molecule has 5 nitrogen and oxygen atoms in total. The van der Waals surface area contributed by atoms with Crippen LogP contribution in [0.5, 0.6) is 0 Å². The lowest BCUT2D eigenvalue weighted by molar-refractivity contribution is 0.726. The molecule has 2 aromatic heterocycles. The summed E-state index contributed by atoms with van der Waals surface area (Å²) in [6, 6.07) is 8.49. The molecular formula is C16H19N5. The van der Waals surface area contributed by atoms with Gasteiger partial charge in [-0.15, -0.1) is 0 Å². The molecule has 21 heavy (non-hydrogen) atoms. The van der Waals surface area contributed by atoms with Gasteiger partial charge < -0.3 is 5.32 Å². The molecule has 0 saturated carbocycles. The van der Waals surface area contributed by atoms with E-state index in [1.165, 1.54) is 5.56 Å². The summed E-state index contributed by atoms with van der Waals surface area (Å²) in [4.78, 5) is 4.29. The van der Waals surface area contributed by atoms with Crippen molar-refractivity contribution in [1.29, 1.82) is 0 Å². The molecule has 0 aliphatic rings. The van der Waals surface area contributed by atoms with Gasteiger partial charge in [0.1, 0.15) is 0 Å². The van der Waals surface area contributed by atoms with Crippen molar-refractivity contribution >= 4 is 0 Å². The molecule has 0 spiro atoms. The molecule has 3 aromatic rings. The molecule has 0 fully saturated rings. The van der Waals surface area contributed by atoms with Gasteiger partial charge >= 0.3 is 0 Å². The Morgan fingerprint density at radius 3 is 2.90 bits per heavy atom. The van der Waals surface area contributed by atoms with E-state index in [4.69, 9.17) is 0 Å². The number of imidazole rings is 1. The van der Waals surface area contributed by atoms with Gasteiger partial charge in [0.15, 0.2) is 0 Å². The van der Waals surface area contributed by atoms with E-state index < -0.39 is 0 Å². The summed E-state index contributed by atoms with van der Waals surface area (Å²) >= 11 is 0. The second-order valence-corrected chi connectivity index (χ2v) is 5.00. The van der Waals surface area contributed by atoms with Crippen molar-refractivity contribution in [3.63, 3.8) is 0 Å². The van der Waals surface area contributed by atoms with Gasteiger partial charge in [0.2, 0.25) is 0 Å². The van der Waals surface area contributed by atoms with Gasteiger partial charge in [-0.05, 0) is 24.2 Å². The van der Waals surface area contributed by atoms with E-state index in [-0.39, 0.29) is 0 Å². The third kappa shape index (κ3) is 2.87. The zero-order valence-corrected chi connectivity index (χ0v) is 12.3. The number of benzene rings is 1. The van der Waals surface area contributed by atoms with Crippen LogP contribution in [0.15, 0.2) is 49.2 Å². The molecule has 0 atom stereocenters. The Balaban J connectivity index is 1.96. The average molecular weight is 281 g/mol. The minimum absolute atomic E-state index is 0.876. The van der Waals surface area contributed by atoms with Gasteiger partial charge in [0, 0.05) is 31.0 Å². The maximum Gasteiger partial charge on any atom is 0.0997 e. The Morgan fingerprint density at radius 1 is 1.24 bits per heavy atom. The van der Waals surface area contributed by atoms with Crippen LogP contribution in [0, 0.1) is 0 Å². The Labute approximate surface area is 124 Å². The fourth-order valence-electron chi connectivity index (χ4n) is 2.35. The zero-order valence-electron chi connectivity index (χ0n) is 12.3. The van der Waals surface area contributed by atoms with Crippen molar-refractivity contribution in [2.75, 3.05) is 6.54 Å². The number of nitrogens with zero attached hydrogens (tertiary/aromatic N) is 4. The fraction of sp³-hybridized carbons (Fsp3) is 0.250. The third-order valence-corrected chi connectivity index (χ3v) is 3.41. The molecular weight excluding hydrogens is 262 g/mol. The Bertz CT molecular complexity index is 726. The molecule has 0 saturated heterocycles. The SMILES string of the molecule is CCNCc1cccc(-n2cncc2-c2cnn(C)c2)c1. The minimum Gasteiger partial charge on any atom is -0.313 e. The van der Waals surface area contributed by atoms with Crippen molar-refractivity contribution in [1.82, 2.24) is 24.6 Å². The van der Waals surface area contributed by atoms with Crippen LogP contribution in [0.3, 0.4) is 0 Å². The van der Waals surface area contributed by atoms with Gasteiger partial charge in [-0.3, -0.25) is 9.25 Å². The van der Waals surface area contributed by atoms with Crippen LogP contribution in [-0.4, -0.2) is 25.9 Å². The highest BCUT2D eigenvalue weighted by Crippen LogP contribution is 2.22. The van der Waals surface area contributed by atoms with Crippen LogP contribution in [0.25, 0.3) is 16.9 Å². The minimum atomic E-state index is 0.876. The summed E-state index contributed by atoms with van der Waals surface area (Å²) in [5.74, 6) is 0. The van der Waals surface area contributed by atoms with E-state index in [1.807, 2.05) is 32.0 Å². The molecule has 0 radical (unpaired) electrons. The summed E-state index contributed by atoms with van der Waals surface area (Å²) < 4.78 is 3.89. The first-order valence-electron chi connectivity index (χ1n) is 7.09. The van der Waals surface area contributed by atoms with E-state index >= 15 is 0 Å². The number of aryl methyl sites for hydroxylation is 1. The number of nitrogens with one attached hydrogen (secondary N) is 1. The highest BCUT2D eigenvalue weighted by atomic mass is 15.2. The number of hydrogen-bond donors (Lipinski definition) is 1. The lowest BCUT2D eigenvalue weighted by Crippen LogP contribution is -2.11. The quantitative estimate of drug-likeness (QED) is 0.781. The van der Waals surface area contributed by atoms with Crippen molar-refractivity contribution in [3.05, 3.63) is 54.7 Å². The van der Waals surface area contributed by atoms with Crippen molar-refractivity contribution < 1.29 is 0 Å². The summed E-state index contributed by atoms with van der Waals surface area (Å²) in [7, 11) is 1.92. The topological polar surface area (TPSA) is 47.7 Å². The van der Waals surface area contributed by atoms with E-state index in [0.29, 0.717) is 0 Å². The van der Waals surface area contributed by atoms with Gasteiger partial charge in [-0.25, -0.2) is 4.98 Å². The molecule has 5 heteroatoms. The van der Waals surface area contributed by atoms with Crippen LogP contribution in [-0.2, 0) is 13.6 Å². The van der Waals surface area contributed by atoms with E-state index in [0.717, 1.165) is 30.0 Å². The number of hydrogen-bond acceptors (Lipinski definition) is 3. The third-order valence-electron chi connectivity index (χ3n) is 3.41. The van der Waals surface area contributed by atoms with E-state index in [1.54, 1.807) is 4.68 Å². The van der Waals surface area contributed by atoms with Gasteiger partial charge in [0.05, 0.1) is 24.4 Å². The normalized spacial score (nSPS) is 11.0. The second kappa shape index (κ2) is 5.93. The summed E-state index contributed by atoms with van der Waals surface area (Å²) in [5.41, 5.74) is 4.48. The van der Waals surface area contributed by atoms with Crippen molar-refractivity contribution in [2.45, 2.75) is 13.5 Å². The first-order chi connectivity index (χ1) is 10.3. The van der Waals surface area contributed by atoms with Crippen LogP contribution in [0.2, 0.25) is 0 Å². The smallest absolute Gasteiger partial charge is 0.0997 e. The van der Waals surface area contributed by atoms with Crippen LogP contribution in [0.4, 0.5) is 0 Å². The molecule has 0 aliphatic carbocycles. The second-order valence-electron chi connectivity index (χ2n) is 5.00. The predicted molar refractivity (Wildman–Crippen MR) is 83.1 cm³/mol. The molecule has 108 valence electrons. The van der Waals surface area contributed by atoms with Gasteiger partial charge in [-0.2, -0.15) is 5.10 Å². The first kappa shape index (κ1) is 13.6. The van der Waals surface area contributed by atoms with Crippen molar-refractivity contribution in [2.24, 2.45) is 7.05 Å². The standard InChI is InChI=1S/C16H19N5/c1-3-17-8-13-5-4-6-15(7-13)21-12-18-10-16(21)14-9-19-20(2)11-14/h4-7,9-12,17H,3,8H2,1-2H3. The highest BCUT2D eigenvalue weighted by molar-refractivity contribution is 5.60. The highest BCUT2D eigenvalue weighted by Gasteiger charge is 2.09. The Kier molecular flexibility index (Phi) is 3.83. The van der Waals surface area contributed by atoms with E-state index in [2.05, 4.69) is 51.2 Å². The maximum absolute atomic E-state index is 4.29. The Morgan fingerprint density at radius 2 is 2.14 bits per heavy atom. The first-order valence-corrected chi connectivity index (χ1v) is 7.09.